The molecule has 0 unspecified atom stereocenters. The Morgan fingerprint density at radius 1 is 1.03 bits per heavy atom. The first-order valence-corrected chi connectivity index (χ1v) is 9.11. The molecule has 152 valence electrons. The molecule has 0 fully saturated rings. The maximum atomic E-state index is 12.2. The Morgan fingerprint density at radius 2 is 1.67 bits per heavy atom. The van der Waals surface area contributed by atoms with Crippen LogP contribution in [0.15, 0.2) is 59.1 Å². The number of carbonyl (C=O) groups excluding carboxylic acids is 2. The van der Waals surface area contributed by atoms with Crippen molar-refractivity contribution in [1.29, 1.82) is 0 Å². The number of hydrogen-bond acceptors (Lipinski definition) is 6. The molecule has 30 heavy (non-hydrogen) atoms. The molecule has 1 aromatic heterocycles. The number of anilines is 1. The van der Waals surface area contributed by atoms with Gasteiger partial charge in [0.2, 0.25) is 5.88 Å². The van der Waals surface area contributed by atoms with Crippen LogP contribution in [0.25, 0.3) is 11.1 Å². The standard InChI is InChI=1S/C21H17N3O6/c25-19(26)10-22-20(27)17-9-18(30-24-17)23-21(28)29-11-16-14-7-3-1-5-12(14)13-6-2-4-8-15(13)16/h1-9,16H,10-11H2,(H,22,27)(H,23,28)(H,25,26). The minimum Gasteiger partial charge on any atom is -0.480 e. The normalized spacial score (nSPS) is 12.0. The van der Waals surface area contributed by atoms with Crippen LogP contribution in [-0.4, -0.2) is 41.4 Å². The third-order valence-corrected chi connectivity index (χ3v) is 4.71. The number of carboxylic acid groups (broad SMARTS) is 1. The lowest BCUT2D eigenvalue weighted by Gasteiger charge is -2.13. The Morgan fingerprint density at radius 3 is 2.30 bits per heavy atom. The number of nitrogens with one attached hydrogen (secondary N) is 2. The largest absolute Gasteiger partial charge is 0.480 e. The second-order valence-electron chi connectivity index (χ2n) is 6.60. The van der Waals surface area contributed by atoms with E-state index in [1.165, 1.54) is 6.07 Å². The predicted octanol–water partition coefficient (Wildman–Crippen LogP) is 2.85. The highest BCUT2D eigenvalue weighted by atomic mass is 16.6. The van der Waals surface area contributed by atoms with Crippen LogP contribution in [0.2, 0.25) is 0 Å². The molecule has 1 heterocycles. The van der Waals surface area contributed by atoms with Crippen LogP contribution < -0.4 is 10.6 Å². The molecule has 2 amide bonds. The molecule has 0 radical (unpaired) electrons. The monoisotopic (exact) mass is 407 g/mol. The Labute approximate surface area is 170 Å². The highest BCUT2D eigenvalue weighted by Crippen LogP contribution is 2.44. The number of ether oxygens (including phenoxy) is 1. The number of nitrogens with zero attached hydrogens (tertiary/aromatic N) is 1. The summed E-state index contributed by atoms with van der Waals surface area (Å²) in [5, 5.41) is 16.6. The number of carboxylic acids is 1. The van der Waals surface area contributed by atoms with Crippen molar-refractivity contribution in [2.45, 2.75) is 5.92 Å². The summed E-state index contributed by atoms with van der Waals surface area (Å²) in [5.41, 5.74) is 4.25. The van der Waals surface area contributed by atoms with Gasteiger partial charge in [-0.1, -0.05) is 53.7 Å². The van der Waals surface area contributed by atoms with E-state index in [0.29, 0.717) is 0 Å². The molecule has 2 aromatic carbocycles. The first-order valence-electron chi connectivity index (χ1n) is 9.11. The van der Waals surface area contributed by atoms with Crippen LogP contribution in [0.5, 0.6) is 0 Å². The van der Waals surface area contributed by atoms with E-state index in [1.54, 1.807) is 0 Å². The van der Waals surface area contributed by atoms with Crippen molar-refractivity contribution in [3.63, 3.8) is 0 Å². The summed E-state index contributed by atoms with van der Waals surface area (Å²) < 4.78 is 10.3. The predicted molar refractivity (Wildman–Crippen MR) is 105 cm³/mol. The van der Waals surface area contributed by atoms with Crippen LogP contribution in [0, 0.1) is 0 Å². The zero-order valence-corrected chi connectivity index (χ0v) is 15.6. The van der Waals surface area contributed by atoms with Gasteiger partial charge in [0, 0.05) is 12.0 Å². The lowest BCUT2D eigenvalue weighted by Crippen LogP contribution is -2.29. The molecule has 0 spiro atoms. The summed E-state index contributed by atoms with van der Waals surface area (Å²) in [6.07, 6.45) is -0.759. The minimum absolute atomic E-state index is 0.0877. The molecule has 9 heteroatoms. The van der Waals surface area contributed by atoms with E-state index in [1.807, 2.05) is 48.5 Å². The molecule has 1 aliphatic carbocycles. The quantitative estimate of drug-likeness (QED) is 0.573. The van der Waals surface area contributed by atoms with Gasteiger partial charge in [0.15, 0.2) is 5.69 Å². The lowest BCUT2D eigenvalue weighted by molar-refractivity contribution is -0.135. The van der Waals surface area contributed by atoms with E-state index in [9.17, 15) is 14.4 Å². The van der Waals surface area contributed by atoms with E-state index in [4.69, 9.17) is 14.4 Å². The number of carbonyl (C=O) groups is 3. The molecule has 9 nitrogen and oxygen atoms in total. The molecule has 4 rings (SSSR count). The number of rotatable bonds is 6. The highest BCUT2D eigenvalue weighted by molar-refractivity contribution is 5.95. The smallest absolute Gasteiger partial charge is 0.414 e. The molecular formula is C21H17N3O6. The summed E-state index contributed by atoms with van der Waals surface area (Å²) >= 11 is 0. The van der Waals surface area contributed by atoms with Gasteiger partial charge in [0.25, 0.3) is 5.91 Å². The van der Waals surface area contributed by atoms with Crippen molar-refractivity contribution in [2.75, 3.05) is 18.5 Å². The van der Waals surface area contributed by atoms with Gasteiger partial charge in [-0.15, -0.1) is 0 Å². The van der Waals surface area contributed by atoms with E-state index in [-0.39, 0.29) is 24.1 Å². The van der Waals surface area contributed by atoms with Crippen molar-refractivity contribution >= 4 is 23.9 Å². The van der Waals surface area contributed by atoms with E-state index in [0.717, 1.165) is 22.3 Å². The average molecular weight is 407 g/mol. The molecular weight excluding hydrogens is 390 g/mol. The third-order valence-electron chi connectivity index (χ3n) is 4.71. The van der Waals surface area contributed by atoms with Crippen molar-refractivity contribution in [3.05, 3.63) is 71.4 Å². The molecule has 0 saturated heterocycles. The summed E-state index contributed by atoms with van der Waals surface area (Å²) in [7, 11) is 0. The first kappa shape index (κ1) is 19.2. The maximum Gasteiger partial charge on any atom is 0.414 e. The first-order chi connectivity index (χ1) is 14.5. The van der Waals surface area contributed by atoms with Gasteiger partial charge in [0.1, 0.15) is 13.2 Å². The zero-order valence-electron chi connectivity index (χ0n) is 15.6. The number of aliphatic carboxylic acids is 1. The van der Waals surface area contributed by atoms with E-state index < -0.39 is 24.5 Å². The van der Waals surface area contributed by atoms with Crippen molar-refractivity contribution < 1.29 is 28.8 Å². The van der Waals surface area contributed by atoms with Crippen LogP contribution in [0.3, 0.4) is 0 Å². The van der Waals surface area contributed by atoms with Gasteiger partial charge in [-0.25, -0.2) is 4.79 Å². The number of aromatic nitrogens is 1. The van der Waals surface area contributed by atoms with Crippen LogP contribution in [-0.2, 0) is 9.53 Å². The van der Waals surface area contributed by atoms with Gasteiger partial charge in [-0.05, 0) is 22.3 Å². The molecule has 0 aliphatic heterocycles. The Balaban J connectivity index is 1.38. The van der Waals surface area contributed by atoms with Gasteiger partial charge < -0.3 is 19.7 Å². The topological polar surface area (TPSA) is 131 Å². The van der Waals surface area contributed by atoms with Gasteiger partial charge in [-0.2, -0.15) is 0 Å². The maximum absolute atomic E-state index is 12.2. The molecule has 0 bridgehead atoms. The van der Waals surface area contributed by atoms with Crippen LogP contribution >= 0.6 is 0 Å². The summed E-state index contributed by atoms with van der Waals surface area (Å²) in [6, 6.07) is 17.1. The van der Waals surface area contributed by atoms with Crippen LogP contribution in [0.4, 0.5) is 10.7 Å². The fraction of sp³-hybridized carbons (Fsp3) is 0.143. The molecule has 3 N–H and O–H groups in total. The number of benzene rings is 2. The minimum atomic E-state index is -1.19. The van der Waals surface area contributed by atoms with E-state index in [2.05, 4.69) is 15.8 Å². The lowest BCUT2D eigenvalue weighted by atomic mass is 9.98. The number of fused-ring (bicyclic) bond motifs is 3. The number of amides is 2. The molecule has 0 atom stereocenters. The third kappa shape index (κ3) is 3.86. The average Bonchev–Trinajstić information content (AvgIpc) is 3.33. The Bertz CT molecular complexity index is 1080. The van der Waals surface area contributed by atoms with Gasteiger partial charge in [-0.3, -0.25) is 14.9 Å². The zero-order chi connectivity index (χ0) is 21.1. The Hall–Kier alpha value is -4.14. The summed E-state index contributed by atoms with van der Waals surface area (Å²) in [6.45, 7) is -0.430. The fourth-order valence-corrected chi connectivity index (χ4v) is 3.42. The molecule has 1 aliphatic rings. The van der Waals surface area contributed by atoms with Crippen molar-refractivity contribution in [1.82, 2.24) is 10.5 Å². The summed E-state index contributed by atoms with van der Waals surface area (Å²) in [4.78, 5) is 34.4. The fourth-order valence-electron chi connectivity index (χ4n) is 3.42. The highest BCUT2D eigenvalue weighted by Gasteiger charge is 2.29. The van der Waals surface area contributed by atoms with Gasteiger partial charge >= 0.3 is 12.1 Å². The second kappa shape index (κ2) is 8.08. The molecule has 0 saturated carbocycles. The Kier molecular flexibility index (Phi) is 5.17. The molecule has 3 aromatic rings. The van der Waals surface area contributed by atoms with Gasteiger partial charge in [0.05, 0.1) is 0 Å². The number of hydrogen-bond donors (Lipinski definition) is 3. The second-order valence-corrected chi connectivity index (χ2v) is 6.60. The van der Waals surface area contributed by atoms with Crippen LogP contribution in [0.1, 0.15) is 27.5 Å². The van der Waals surface area contributed by atoms with Crippen molar-refractivity contribution in [3.8, 4) is 11.1 Å². The van der Waals surface area contributed by atoms with E-state index >= 15 is 0 Å². The SMILES string of the molecule is O=C(O)CNC(=O)c1cc(NC(=O)OCC2c3ccccc3-c3ccccc32)on1. The summed E-state index contributed by atoms with van der Waals surface area (Å²) in [5.74, 6) is -2.10. The van der Waals surface area contributed by atoms with Crippen molar-refractivity contribution in [2.24, 2.45) is 0 Å².